The standard InChI is InChI=1S/C18H19NO3/c20-17-15-10-4-5-11-16(15)18(21,19-17)12-6-7-13-22-14-8-2-1-3-9-14/h1-5,8-11,21H,6-7,12-13H2,(H,19,20). The lowest BCUT2D eigenvalue weighted by atomic mass is 9.97. The fraction of sp³-hybridized carbons (Fsp3) is 0.278. The molecule has 0 saturated heterocycles. The summed E-state index contributed by atoms with van der Waals surface area (Å²) in [6.45, 7) is 0.593. The molecule has 1 aliphatic rings. The molecule has 2 aromatic carbocycles. The number of hydrogen-bond donors (Lipinski definition) is 2. The maximum Gasteiger partial charge on any atom is 0.254 e. The van der Waals surface area contributed by atoms with E-state index in [2.05, 4.69) is 5.32 Å². The third-order valence-electron chi connectivity index (χ3n) is 3.88. The molecule has 0 saturated carbocycles. The van der Waals surface area contributed by atoms with Crippen LogP contribution < -0.4 is 10.1 Å². The van der Waals surface area contributed by atoms with Crippen LogP contribution in [0.3, 0.4) is 0 Å². The van der Waals surface area contributed by atoms with Crippen molar-refractivity contribution in [3.05, 3.63) is 65.7 Å². The number of carbonyl (C=O) groups excluding carboxylic acids is 1. The lowest BCUT2D eigenvalue weighted by Crippen LogP contribution is -2.39. The smallest absolute Gasteiger partial charge is 0.254 e. The van der Waals surface area contributed by atoms with Crippen LogP contribution in [0.4, 0.5) is 0 Å². The first-order valence-electron chi connectivity index (χ1n) is 7.51. The first kappa shape index (κ1) is 14.6. The van der Waals surface area contributed by atoms with Gasteiger partial charge in [0.05, 0.1) is 6.61 Å². The monoisotopic (exact) mass is 297 g/mol. The second-order valence-corrected chi connectivity index (χ2v) is 5.48. The Kier molecular flexibility index (Phi) is 4.11. The van der Waals surface area contributed by atoms with Gasteiger partial charge in [0.2, 0.25) is 0 Å². The van der Waals surface area contributed by atoms with Gasteiger partial charge >= 0.3 is 0 Å². The van der Waals surface area contributed by atoms with E-state index in [4.69, 9.17) is 4.74 Å². The summed E-state index contributed by atoms with van der Waals surface area (Å²) in [5, 5.41) is 13.3. The number of nitrogens with one attached hydrogen (secondary N) is 1. The van der Waals surface area contributed by atoms with Crippen LogP contribution in [0.15, 0.2) is 54.6 Å². The van der Waals surface area contributed by atoms with E-state index < -0.39 is 5.72 Å². The van der Waals surface area contributed by atoms with Crippen molar-refractivity contribution >= 4 is 5.91 Å². The van der Waals surface area contributed by atoms with Gasteiger partial charge in [-0.1, -0.05) is 36.4 Å². The molecule has 0 bridgehead atoms. The van der Waals surface area contributed by atoms with Crippen LogP contribution >= 0.6 is 0 Å². The summed E-state index contributed by atoms with van der Waals surface area (Å²) in [6, 6.07) is 16.8. The molecule has 0 fully saturated rings. The molecular weight excluding hydrogens is 278 g/mol. The highest BCUT2D eigenvalue weighted by Gasteiger charge is 2.40. The Hall–Kier alpha value is -2.33. The number of unbranched alkanes of at least 4 members (excludes halogenated alkanes) is 1. The van der Waals surface area contributed by atoms with Gasteiger partial charge in [-0.2, -0.15) is 0 Å². The lowest BCUT2D eigenvalue weighted by molar-refractivity contribution is 0.00271. The molecule has 3 rings (SSSR count). The highest BCUT2D eigenvalue weighted by molar-refractivity contribution is 5.99. The molecule has 1 amide bonds. The highest BCUT2D eigenvalue weighted by atomic mass is 16.5. The summed E-state index contributed by atoms with van der Waals surface area (Å²) in [5.74, 6) is 0.638. The summed E-state index contributed by atoms with van der Waals surface area (Å²) in [7, 11) is 0. The summed E-state index contributed by atoms with van der Waals surface area (Å²) in [6.07, 6.45) is 2.06. The molecule has 4 heteroatoms. The molecule has 0 aromatic heterocycles. The van der Waals surface area contributed by atoms with Crippen LogP contribution in [0.2, 0.25) is 0 Å². The van der Waals surface area contributed by atoms with Crippen LogP contribution in [-0.2, 0) is 5.72 Å². The van der Waals surface area contributed by atoms with Gasteiger partial charge in [-0.05, 0) is 37.5 Å². The Morgan fingerprint density at radius 1 is 1.00 bits per heavy atom. The molecule has 0 radical (unpaired) electrons. The van der Waals surface area contributed by atoms with Crippen LogP contribution in [-0.4, -0.2) is 17.6 Å². The lowest BCUT2D eigenvalue weighted by Gasteiger charge is -2.23. The molecule has 114 valence electrons. The van der Waals surface area contributed by atoms with Crippen LogP contribution in [0.1, 0.15) is 35.2 Å². The number of fused-ring (bicyclic) bond motifs is 1. The maximum atomic E-state index is 11.9. The van der Waals surface area contributed by atoms with Crippen molar-refractivity contribution in [2.24, 2.45) is 0 Å². The molecule has 1 heterocycles. The topological polar surface area (TPSA) is 58.6 Å². The molecular formula is C18H19NO3. The number of aliphatic hydroxyl groups is 1. The van der Waals surface area contributed by atoms with Crippen LogP contribution in [0.5, 0.6) is 5.75 Å². The van der Waals surface area contributed by atoms with E-state index in [-0.39, 0.29) is 5.91 Å². The quantitative estimate of drug-likeness (QED) is 0.806. The van der Waals surface area contributed by atoms with Crippen molar-refractivity contribution in [1.29, 1.82) is 0 Å². The number of carbonyl (C=O) groups is 1. The van der Waals surface area contributed by atoms with Crippen molar-refractivity contribution in [2.45, 2.75) is 25.0 Å². The van der Waals surface area contributed by atoms with E-state index in [9.17, 15) is 9.90 Å². The Bertz CT molecular complexity index is 656. The van der Waals surface area contributed by atoms with Crippen LogP contribution in [0, 0.1) is 0 Å². The second kappa shape index (κ2) is 6.20. The fourth-order valence-corrected chi connectivity index (χ4v) is 2.75. The average molecular weight is 297 g/mol. The van der Waals surface area contributed by atoms with Crippen molar-refractivity contribution < 1.29 is 14.6 Å². The Morgan fingerprint density at radius 2 is 1.73 bits per heavy atom. The van der Waals surface area contributed by atoms with Crippen molar-refractivity contribution in [1.82, 2.24) is 5.32 Å². The van der Waals surface area contributed by atoms with E-state index >= 15 is 0 Å². The Morgan fingerprint density at radius 3 is 2.55 bits per heavy atom. The number of benzene rings is 2. The van der Waals surface area contributed by atoms with Gasteiger partial charge in [-0.3, -0.25) is 4.79 Å². The Labute approximate surface area is 129 Å². The van der Waals surface area contributed by atoms with E-state index in [0.29, 0.717) is 24.2 Å². The van der Waals surface area contributed by atoms with Gasteiger partial charge < -0.3 is 15.2 Å². The zero-order chi connectivity index (χ0) is 15.4. The number of para-hydroxylation sites is 1. The second-order valence-electron chi connectivity index (χ2n) is 5.48. The van der Waals surface area contributed by atoms with E-state index in [0.717, 1.165) is 18.6 Å². The van der Waals surface area contributed by atoms with E-state index in [1.807, 2.05) is 36.4 Å². The summed E-state index contributed by atoms with van der Waals surface area (Å²) < 4.78 is 5.63. The predicted molar refractivity (Wildman–Crippen MR) is 83.6 cm³/mol. The fourth-order valence-electron chi connectivity index (χ4n) is 2.75. The largest absolute Gasteiger partial charge is 0.494 e. The summed E-state index contributed by atoms with van der Waals surface area (Å²) in [5.41, 5.74) is -0.0185. The minimum atomic E-state index is -1.25. The first-order chi connectivity index (χ1) is 10.7. The zero-order valence-electron chi connectivity index (χ0n) is 12.3. The SMILES string of the molecule is O=C1NC(O)(CCCCOc2ccccc2)c2ccccc21. The molecule has 0 spiro atoms. The molecule has 2 aromatic rings. The molecule has 1 atom stereocenters. The molecule has 1 unspecified atom stereocenters. The third kappa shape index (κ3) is 2.97. The molecule has 4 nitrogen and oxygen atoms in total. The number of hydrogen-bond acceptors (Lipinski definition) is 3. The third-order valence-corrected chi connectivity index (χ3v) is 3.88. The Balaban J connectivity index is 1.51. The summed E-state index contributed by atoms with van der Waals surface area (Å²) in [4.78, 5) is 11.9. The van der Waals surface area contributed by atoms with Crippen molar-refractivity contribution in [3.8, 4) is 5.75 Å². The van der Waals surface area contributed by atoms with Gasteiger partial charge in [0.25, 0.3) is 5.91 Å². The van der Waals surface area contributed by atoms with E-state index in [1.165, 1.54) is 0 Å². The molecule has 0 aliphatic carbocycles. The first-order valence-corrected chi connectivity index (χ1v) is 7.51. The van der Waals surface area contributed by atoms with Gasteiger partial charge in [-0.25, -0.2) is 0 Å². The zero-order valence-corrected chi connectivity index (χ0v) is 12.3. The van der Waals surface area contributed by atoms with Gasteiger partial charge in [0.15, 0.2) is 5.72 Å². The molecule has 22 heavy (non-hydrogen) atoms. The molecule has 2 N–H and O–H groups in total. The maximum absolute atomic E-state index is 11.9. The number of amides is 1. The molecule has 1 aliphatic heterocycles. The normalized spacial score (nSPS) is 19.6. The average Bonchev–Trinajstić information content (AvgIpc) is 2.80. The minimum absolute atomic E-state index is 0.210. The predicted octanol–water partition coefficient (Wildman–Crippen LogP) is 2.82. The minimum Gasteiger partial charge on any atom is -0.494 e. The number of rotatable bonds is 6. The summed E-state index contributed by atoms with van der Waals surface area (Å²) >= 11 is 0. The number of ether oxygens (including phenoxy) is 1. The van der Waals surface area contributed by atoms with Gasteiger partial charge in [-0.15, -0.1) is 0 Å². The van der Waals surface area contributed by atoms with Gasteiger partial charge in [0.1, 0.15) is 5.75 Å². The van der Waals surface area contributed by atoms with E-state index in [1.54, 1.807) is 18.2 Å². The van der Waals surface area contributed by atoms with Crippen molar-refractivity contribution in [2.75, 3.05) is 6.61 Å². The van der Waals surface area contributed by atoms with Crippen LogP contribution in [0.25, 0.3) is 0 Å². The van der Waals surface area contributed by atoms with Crippen molar-refractivity contribution in [3.63, 3.8) is 0 Å². The van der Waals surface area contributed by atoms with Gasteiger partial charge in [0, 0.05) is 11.1 Å². The highest BCUT2D eigenvalue weighted by Crippen LogP contribution is 2.32.